The standard InChI is InChI=1S/C23H18Cl2N4O/c1-29-23(27-20(30)13-15-5-3-2-4-6-15)21(16-9-11-26-12-10-16)22(28-29)17-7-8-18(24)19(25)14-17/h2-12,14H,13H2,1H3,(H,27,30). The van der Waals surface area contributed by atoms with E-state index in [1.54, 1.807) is 36.3 Å². The van der Waals surface area contributed by atoms with Gasteiger partial charge in [0.15, 0.2) is 0 Å². The number of anilines is 1. The molecule has 0 radical (unpaired) electrons. The monoisotopic (exact) mass is 436 g/mol. The molecule has 0 fully saturated rings. The summed E-state index contributed by atoms with van der Waals surface area (Å²) in [5.41, 5.74) is 4.11. The molecule has 1 N–H and O–H groups in total. The van der Waals surface area contributed by atoms with Gasteiger partial charge in [0.1, 0.15) is 11.5 Å². The van der Waals surface area contributed by atoms with Crippen molar-refractivity contribution in [1.29, 1.82) is 0 Å². The molecule has 4 aromatic rings. The summed E-state index contributed by atoms with van der Waals surface area (Å²) in [7, 11) is 1.80. The Morgan fingerprint density at radius 2 is 1.70 bits per heavy atom. The van der Waals surface area contributed by atoms with Crippen molar-refractivity contribution in [2.45, 2.75) is 6.42 Å². The molecular weight excluding hydrogens is 419 g/mol. The van der Waals surface area contributed by atoms with Gasteiger partial charge in [-0.2, -0.15) is 5.10 Å². The lowest BCUT2D eigenvalue weighted by atomic mass is 10.0. The molecule has 4 rings (SSSR count). The number of pyridine rings is 1. The van der Waals surface area contributed by atoms with Crippen molar-refractivity contribution in [3.05, 3.63) is 88.7 Å². The fraction of sp³-hybridized carbons (Fsp3) is 0.0870. The van der Waals surface area contributed by atoms with Crippen LogP contribution in [0, 0.1) is 0 Å². The number of halogens is 2. The summed E-state index contributed by atoms with van der Waals surface area (Å²) in [6.07, 6.45) is 3.68. The first-order valence-corrected chi connectivity index (χ1v) is 10.0. The Morgan fingerprint density at radius 3 is 2.40 bits per heavy atom. The number of aryl methyl sites for hydroxylation is 1. The Kier molecular flexibility index (Phi) is 5.84. The molecule has 0 saturated heterocycles. The Labute approximate surface area is 184 Å². The van der Waals surface area contributed by atoms with Crippen LogP contribution in [0.25, 0.3) is 22.4 Å². The van der Waals surface area contributed by atoms with Crippen LogP contribution in [-0.4, -0.2) is 20.7 Å². The van der Waals surface area contributed by atoms with Gasteiger partial charge in [-0.05, 0) is 35.4 Å². The Bertz CT molecular complexity index is 1190. The van der Waals surface area contributed by atoms with Crippen LogP contribution in [0.2, 0.25) is 10.0 Å². The quantitative estimate of drug-likeness (QED) is 0.440. The normalized spacial score (nSPS) is 10.8. The molecule has 2 aromatic carbocycles. The first-order chi connectivity index (χ1) is 14.5. The van der Waals surface area contributed by atoms with E-state index in [1.807, 2.05) is 48.5 Å². The van der Waals surface area contributed by atoms with Gasteiger partial charge in [-0.3, -0.25) is 14.5 Å². The van der Waals surface area contributed by atoms with E-state index in [4.69, 9.17) is 23.2 Å². The second-order valence-electron chi connectivity index (χ2n) is 6.77. The van der Waals surface area contributed by atoms with Gasteiger partial charge in [-0.25, -0.2) is 0 Å². The van der Waals surface area contributed by atoms with Crippen molar-refractivity contribution in [2.75, 3.05) is 5.32 Å². The van der Waals surface area contributed by atoms with Crippen molar-refractivity contribution in [2.24, 2.45) is 7.05 Å². The Balaban J connectivity index is 1.77. The molecule has 5 nitrogen and oxygen atoms in total. The minimum absolute atomic E-state index is 0.125. The third kappa shape index (κ3) is 4.22. The third-order valence-corrected chi connectivity index (χ3v) is 5.41. The van der Waals surface area contributed by atoms with Crippen LogP contribution in [-0.2, 0) is 18.3 Å². The summed E-state index contributed by atoms with van der Waals surface area (Å²) in [5, 5.41) is 8.60. The molecule has 0 aliphatic carbocycles. The molecule has 0 spiro atoms. The first kappa shape index (κ1) is 20.1. The molecule has 2 heterocycles. The molecule has 0 aliphatic rings. The summed E-state index contributed by atoms with van der Waals surface area (Å²) in [6.45, 7) is 0. The van der Waals surface area contributed by atoms with Crippen LogP contribution in [0.5, 0.6) is 0 Å². The third-order valence-electron chi connectivity index (χ3n) is 4.67. The predicted molar refractivity (Wildman–Crippen MR) is 121 cm³/mol. The zero-order valence-electron chi connectivity index (χ0n) is 16.1. The van der Waals surface area contributed by atoms with E-state index >= 15 is 0 Å². The zero-order chi connectivity index (χ0) is 21.1. The van der Waals surface area contributed by atoms with Crippen molar-refractivity contribution in [3.63, 3.8) is 0 Å². The molecular formula is C23H18Cl2N4O. The van der Waals surface area contributed by atoms with Gasteiger partial charge in [0.05, 0.1) is 22.0 Å². The molecule has 30 heavy (non-hydrogen) atoms. The largest absolute Gasteiger partial charge is 0.310 e. The fourth-order valence-electron chi connectivity index (χ4n) is 3.26. The van der Waals surface area contributed by atoms with Gasteiger partial charge < -0.3 is 5.32 Å². The topological polar surface area (TPSA) is 59.8 Å². The molecule has 150 valence electrons. The van der Waals surface area contributed by atoms with E-state index in [2.05, 4.69) is 15.4 Å². The van der Waals surface area contributed by atoms with E-state index in [0.29, 0.717) is 21.6 Å². The number of rotatable bonds is 5. The minimum atomic E-state index is -0.125. The van der Waals surface area contributed by atoms with Crippen LogP contribution in [0.4, 0.5) is 5.82 Å². The van der Waals surface area contributed by atoms with Crippen LogP contribution in [0.3, 0.4) is 0 Å². The summed E-state index contributed by atoms with van der Waals surface area (Å²) in [5.74, 6) is 0.475. The van der Waals surface area contributed by atoms with Gasteiger partial charge in [0, 0.05) is 25.0 Å². The molecule has 0 unspecified atom stereocenters. The number of hydrogen-bond donors (Lipinski definition) is 1. The number of aromatic nitrogens is 3. The average molecular weight is 437 g/mol. The highest BCUT2D eigenvalue weighted by molar-refractivity contribution is 6.42. The summed E-state index contributed by atoms with van der Waals surface area (Å²) >= 11 is 12.3. The molecule has 0 bridgehead atoms. The molecule has 0 atom stereocenters. The fourth-order valence-corrected chi connectivity index (χ4v) is 3.56. The van der Waals surface area contributed by atoms with Crippen molar-refractivity contribution < 1.29 is 4.79 Å². The van der Waals surface area contributed by atoms with Gasteiger partial charge in [-0.1, -0.05) is 59.6 Å². The number of nitrogens with one attached hydrogen (secondary N) is 1. The van der Waals surface area contributed by atoms with E-state index in [-0.39, 0.29) is 12.3 Å². The van der Waals surface area contributed by atoms with E-state index in [9.17, 15) is 4.79 Å². The molecule has 1 amide bonds. The summed E-state index contributed by atoms with van der Waals surface area (Å²) in [6, 6.07) is 18.7. The number of amides is 1. The highest BCUT2D eigenvalue weighted by atomic mass is 35.5. The van der Waals surface area contributed by atoms with Crippen LogP contribution >= 0.6 is 23.2 Å². The maximum atomic E-state index is 12.8. The summed E-state index contributed by atoms with van der Waals surface area (Å²) < 4.78 is 1.66. The second-order valence-corrected chi connectivity index (χ2v) is 7.59. The average Bonchev–Trinajstić information content (AvgIpc) is 3.07. The van der Waals surface area contributed by atoms with Crippen LogP contribution in [0.1, 0.15) is 5.56 Å². The predicted octanol–water partition coefficient (Wildman–Crippen LogP) is 5.64. The highest BCUT2D eigenvalue weighted by Gasteiger charge is 2.21. The number of hydrogen-bond acceptors (Lipinski definition) is 3. The van der Waals surface area contributed by atoms with Gasteiger partial charge in [0.2, 0.25) is 5.91 Å². The van der Waals surface area contributed by atoms with Gasteiger partial charge in [-0.15, -0.1) is 0 Å². The van der Waals surface area contributed by atoms with E-state index in [1.165, 1.54) is 0 Å². The highest BCUT2D eigenvalue weighted by Crippen LogP contribution is 2.39. The summed E-state index contributed by atoms with van der Waals surface area (Å²) in [4.78, 5) is 16.9. The lowest BCUT2D eigenvalue weighted by Crippen LogP contribution is -2.17. The molecule has 0 aliphatic heterocycles. The van der Waals surface area contributed by atoms with E-state index in [0.717, 1.165) is 22.3 Å². The SMILES string of the molecule is Cn1nc(-c2ccc(Cl)c(Cl)c2)c(-c2ccncc2)c1NC(=O)Cc1ccccc1. The first-order valence-electron chi connectivity index (χ1n) is 9.29. The number of carbonyl (C=O) groups is 1. The lowest BCUT2D eigenvalue weighted by Gasteiger charge is -2.10. The van der Waals surface area contributed by atoms with Gasteiger partial charge in [0.25, 0.3) is 0 Å². The number of carbonyl (C=O) groups excluding carboxylic acids is 1. The van der Waals surface area contributed by atoms with E-state index < -0.39 is 0 Å². The molecule has 7 heteroatoms. The van der Waals surface area contributed by atoms with Gasteiger partial charge >= 0.3 is 0 Å². The Hall–Kier alpha value is -3.15. The maximum Gasteiger partial charge on any atom is 0.229 e. The molecule has 0 saturated carbocycles. The number of benzene rings is 2. The second kappa shape index (κ2) is 8.69. The lowest BCUT2D eigenvalue weighted by molar-refractivity contribution is -0.115. The minimum Gasteiger partial charge on any atom is -0.310 e. The maximum absolute atomic E-state index is 12.8. The van der Waals surface area contributed by atoms with Crippen LogP contribution in [0.15, 0.2) is 73.1 Å². The van der Waals surface area contributed by atoms with Crippen molar-refractivity contribution in [1.82, 2.24) is 14.8 Å². The van der Waals surface area contributed by atoms with Crippen molar-refractivity contribution >= 4 is 34.9 Å². The van der Waals surface area contributed by atoms with Crippen molar-refractivity contribution in [3.8, 4) is 22.4 Å². The Morgan fingerprint density at radius 1 is 0.967 bits per heavy atom. The number of nitrogens with zero attached hydrogens (tertiary/aromatic N) is 3. The zero-order valence-corrected chi connectivity index (χ0v) is 17.7. The smallest absolute Gasteiger partial charge is 0.229 e. The molecule has 2 aromatic heterocycles. The van der Waals surface area contributed by atoms with Crippen LogP contribution < -0.4 is 5.32 Å².